The highest BCUT2D eigenvalue weighted by Gasteiger charge is 2.30. The van der Waals surface area contributed by atoms with Crippen molar-refractivity contribution >= 4 is 28.6 Å². The van der Waals surface area contributed by atoms with E-state index in [-0.39, 0.29) is 29.5 Å². The second-order valence-corrected chi connectivity index (χ2v) is 14.4. The van der Waals surface area contributed by atoms with Crippen molar-refractivity contribution in [2.24, 2.45) is 5.92 Å². The first-order chi connectivity index (χ1) is 26.9. The number of aromatic nitrogens is 1. The lowest BCUT2D eigenvalue weighted by molar-refractivity contribution is -0.124. The Morgan fingerprint density at radius 1 is 0.855 bits per heavy atom. The number of carbonyl (C=O) groups is 2. The predicted molar refractivity (Wildman–Crippen MR) is 214 cm³/mol. The first kappa shape index (κ1) is 37.8. The van der Waals surface area contributed by atoms with Crippen molar-refractivity contribution in [2.45, 2.75) is 57.0 Å². The van der Waals surface area contributed by atoms with Gasteiger partial charge in [0.2, 0.25) is 11.5 Å². The predicted octanol–water partition coefficient (Wildman–Crippen LogP) is 6.40. The summed E-state index contributed by atoms with van der Waals surface area (Å²) >= 11 is 0. The summed E-state index contributed by atoms with van der Waals surface area (Å²) in [7, 11) is 0. The zero-order valence-corrected chi connectivity index (χ0v) is 30.9. The molecule has 11 nitrogen and oxygen atoms in total. The van der Waals surface area contributed by atoms with Crippen LogP contribution in [0.5, 0.6) is 5.75 Å². The monoisotopic (exact) mass is 743 g/mol. The summed E-state index contributed by atoms with van der Waals surface area (Å²) in [6, 6.07) is 34.4. The molecule has 2 aliphatic rings. The summed E-state index contributed by atoms with van der Waals surface area (Å²) in [5.41, 5.74) is 4.71. The summed E-state index contributed by atoms with van der Waals surface area (Å²) in [6.07, 6.45) is 2.41. The van der Waals surface area contributed by atoms with E-state index in [1.54, 1.807) is 12.1 Å². The highest BCUT2D eigenvalue weighted by atomic mass is 16.6. The Morgan fingerprint density at radius 2 is 1.60 bits per heavy atom. The van der Waals surface area contributed by atoms with E-state index in [2.05, 4.69) is 25.8 Å². The van der Waals surface area contributed by atoms with Gasteiger partial charge in [0.05, 0.1) is 17.3 Å². The number of fused-ring (bicyclic) bond motifs is 1. The molecule has 2 amide bonds. The number of H-pyrrole nitrogens is 1. The van der Waals surface area contributed by atoms with Crippen molar-refractivity contribution in [1.82, 2.24) is 20.5 Å². The van der Waals surface area contributed by atoms with Crippen LogP contribution in [0.3, 0.4) is 0 Å². The number of anilines is 1. The number of aliphatic hydroxyl groups excluding tert-OH is 1. The molecule has 1 aliphatic heterocycles. The number of aliphatic hydroxyl groups is 1. The van der Waals surface area contributed by atoms with E-state index in [1.807, 2.05) is 91.0 Å². The van der Waals surface area contributed by atoms with Gasteiger partial charge < -0.3 is 35.1 Å². The number of nitrogens with zero attached hydrogens (tertiary/aromatic N) is 1. The molecule has 1 saturated heterocycles. The fraction of sp³-hybridized carbons (Fsp3) is 0.341. The van der Waals surface area contributed by atoms with Gasteiger partial charge in [0.15, 0.2) is 0 Å². The number of pyridine rings is 1. The molecule has 2 fully saturated rings. The van der Waals surface area contributed by atoms with Gasteiger partial charge in [0, 0.05) is 61.7 Å². The molecule has 3 atom stereocenters. The highest BCUT2D eigenvalue weighted by molar-refractivity contribution is 5.91. The van der Waals surface area contributed by atoms with Gasteiger partial charge in [-0.15, -0.1) is 0 Å². The summed E-state index contributed by atoms with van der Waals surface area (Å²) in [4.78, 5) is 43.2. The molecule has 286 valence electrons. The molecule has 5 N–H and O–H groups in total. The van der Waals surface area contributed by atoms with Crippen LogP contribution in [0.4, 0.5) is 10.5 Å². The maximum Gasteiger partial charge on any atom is 0.411 e. The summed E-state index contributed by atoms with van der Waals surface area (Å²) in [5, 5.41) is 21.5. The minimum atomic E-state index is -0.815. The van der Waals surface area contributed by atoms with Crippen LogP contribution in [0.15, 0.2) is 114 Å². The second-order valence-electron chi connectivity index (χ2n) is 14.4. The quantitative estimate of drug-likeness (QED) is 0.0880. The van der Waals surface area contributed by atoms with E-state index in [0.29, 0.717) is 48.6 Å². The number of para-hydroxylation sites is 1. The first-order valence-electron chi connectivity index (χ1n) is 19.3. The van der Waals surface area contributed by atoms with Crippen LogP contribution in [-0.4, -0.2) is 71.9 Å². The van der Waals surface area contributed by atoms with E-state index in [0.717, 1.165) is 67.4 Å². The van der Waals surface area contributed by atoms with E-state index in [4.69, 9.17) is 9.47 Å². The van der Waals surface area contributed by atoms with Gasteiger partial charge in [-0.1, -0.05) is 84.9 Å². The van der Waals surface area contributed by atoms with Crippen molar-refractivity contribution in [3.63, 3.8) is 0 Å². The number of hydrogen-bond donors (Lipinski definition) is 5. The Hall–Kier alpha value is -5.49. The van der Waals surface area contributed by atoms with Crippen molar-refractivity contribution in [3.05, 3.63) is 131 Å². The number of hydrogen-bond acceptors (Lipinski definition) is 8. The molecule has 1 aliphatic carbocycles. The Bertz CT molecular complexity index is 2100. The van der Waals surface area contributed by atoms with Gasteiger partial charge in [0.25, 0.3) is 0 Å². The van der Waals surface area contributed by atoms with Gasteiger partial charge in [-0.05, 0) is 67.0 Å². The average molecular weight is 744 g/mol. The number of ether oxygens (including phenoxy) is 2. The van der Waals surface area contributed by atoms with E-state index in [1.165, 1.54) is 6.07 Å². The van der Waals surface area contributed by atoms with Crippen molar-refractivity contribution in [2.75, 3.05) is 38.0 Å². The van der Waals surface area contributed by atoms with Crippen LogP contribution in [0.2, 0.25) is 0 Å². The number of aromatic amines is 1. The van der Waals surface area contributed by atoms with Gasteiger partial charge in [-0.3, -0.25) is 14.9 Å². The molecule has 4 aromatic carbocycles. The summed E-state index contributed by atoms with van der Waals surface area (Å²) < 4.78 is 11.8. The lowest BCUT2D eigenvalue weighted by Gasteiger charge is -2.31. The number of benzene rings is 4. The van der Waals surface area contributed by atoms with Gasteiger partial charge >= 0.3 is 6.09 Å². The minimum Gasteiger partial charge on any atom is -0.487 e. The smallest absolute Gasteiger partial charge is 0.411 e. The highest BCUT2D eigenvalue weighted by Crippen LogP contribution is 2.32. The Kier molecular flexibility index (Phi) is 12.5. The molecule has 3 unspecified atom stereocenters. The average Bonchev–Trinajstić information content (AvgIpc) is 3.70. The number of likely N-dealkylation sites (tertiary alicyclic amines) is 1. The lowest BCUT2D eigenvalue weighted by Crippen LogP contribution is -2.43. The Labute approximate surface area is 321 Å². The van der Waals surface area contributed by atoms with Crippen LogP contribution in [0.25, 0.3) is 22.0 Å². The summed E-state index contributed by atoms with van der Waals surface area (Å²) in [6.45, 7) is 3.57. The van der Waals surface area contributed by atoms with E-state index in [9.17, 15) is 19.5 Å². The van der Waals surface area contributed by atoms with Crippen molar-refractivity contribution < 1.29 is 24.2 Å². The maximum absolute atomic E-state index is 13.1. The molecule has 7 rings (SSSR count). The second kappa shape index (κ2) is 18.2. The number of nitrogens with one attached hydrogen (secondary N) is 4. The molecule has 55 heavy (non-hydrogen) atoms. The fourth-order valence-electron chi connectivity index (χ4n) is 7.67. The zero-order chi connectivity index (χ0) is 38.0. The molecule has 1 saturated carbocycles. The largest absolute Gasteiger partial charge is 0.487 e. The summed E-state index contributed by atoms with van der Waals surface area (Å²) in [5.74, 6) is 0.535. The standard InChI is InChI=1S/C44H49N5O6/c50-39(36-17-19-40(42-37(36)18-20-41(51)48-42)54-29-30-9-3-1-4-10-30)28-46-33-16-15-32(27-33)43(52)45-23-26-49-24-21-34(22-25-49)55-44(53)47-38-14-8-7-13-35(38)31-11-5-2-6-12-31/h1-14,17-20,32-34,39,46,50H,15-16,21-29H2,(H,45,52)(H,47,53)(H,48,51). The zero-order valence-electron chi connectivity index (χ0n) is 30.9. The SMILES string of the molecule is O=C(Nc1ccccc1-c1ccccc1)OC1CCN(CCNC(=O)C2CCC(NCC(O)c3ccc(OCc4ccccc4)c4[nH]c(=O)ccc34)C2)CC1. The maximum atomic E-state index is 13.1. The number of piperidine rings is 1. The molecule has 1 aromatic heterocycles. The molecule has 5 aromatic rings. The molecular formula is C44H49N5O6. The third kappa shape index (κ3) is 9.99. The molecule has 0 bridgehead atoms. The molecular weight excluding hydrogens is 695 g/mol. The lowest BCUT2D eigenvalue weighted by atomic mass is 10.0. The van der Waals surface area contributed by atoms with Crippen LogP contribution in [-0.2, 0) is 16.1 Å². The van der Waals surface area contributed by atoms with Crippen LogP contribution < -0.4 is 26.2 Å². The molecule has 0 radical (unpaired) electrons. The molecule has 0 spiro atoms. The first-order valence-corrected chi connectivity index (χ1v) is 19.3. The van der Waals surface area contributed by atoms with Crippen LogP contribution in [0, 0.1) is 5.92 Å². The van der Waals surface area contributed by atoms with Crippen LogP contribution >= 0.6 is 0 Å². The number of rotatable bonds is 14. The topological polar surface area (TPSA) is 145 Å². The van der Waals surface area contributed by atoms with Crippen molar-refractivity contribution in [1.29, 1.82) is 0 Å². The minimum absolute atomic E-state index is 0.0663. The molecule has 2 heterocycles. The van der Waals surface area contributed by atoms with Gasteiger partial charge in [-0.2, -0.15) is 0 Å². The van der Waals surface area contributed by atoms with Crippen molar-refractivity contribution in [3.8, 4) is 16.9 Å². The van der Waals surface area contributed by atoms with Gasteiger partial charge in [-0.25, -0.2) is 4.79 Å². The molecule has 11 heteroatoms. The van der Waals surface area contributed by atoms with E-state index < -0.39 is 12.2 Å². The normalized spacial score (nSPS) is 18.1. The Balaban J connectivity index is 0.809. The van der Waals surface area contributed by atoms with Crippen LogP contribution in [0.1, 0.15) is 49.3 Å². The fourth-order valence-corrected chi connectivity index (χ4v) is 7.67. The number of carbonyl (C=O) groups excluding carboxylic acids is 2. The third-order valence-electron chi connectivity index (χ3n) is 10.7. The van der Waals surface area contributed by atoms with E-state index >= 15 is 0 Å². The number of amides is 2. The Morgan fingerprint density at radius 3 is 2.40 bits per heavy atom. The van der Waals surface area contributed by atoms with Gasteiger partial charge in [0.1, 0.15) is 18.5 Å². The third-order valence-corrected chi connectivity index (χ3v) is 10.7.